The lowest BCUT2D eigenvalue weighted by atomic mass is 10.0. The van der Waals surface area contributed by atoms with Gasteiger partial charge in [-0.05, 0) is 76.3 Å². The third-order valence-electron chi connectivity index (χ3n) is 9.49. The third kappa shape index (κ3) is 4.49. The molecule has 0 amide bonds. The minimum absolute atomic E-state index is 0.625. The highest BCUT2D eigenvalue weighted by Crippen LogP contribution is 2.41. The van der Waals surface area contributed by atoms with Crippen LogP contribution >= 0.6 is 0 Å². The molecule has 0 atom stereocenters. The van der Waals surface area contributed by atoms with E-state index in [1.54, 1.807) is 0 Å². The van der Waals surface area contributed by atoms with Gasteiger partial charge in [0, 0.05) is 50.4 Å². The van der Waals surface area contributed by atoms with Crippen LogP contribution in [0, 0.1) is 0 Å². The Labute approximate surface area is 282 Å². The van der Waals surface area contributed by atoms with Gasteiger partial charge < -0.3 is 13.7 Å². The number of rotatable bonds is 5. The molecule has 2 aromatic heterocycles. The quantitative estimate of drug-likeness (QED) is 0.190. The number of fused-ring (bicyclic) bond motifs is 7. The summed E-state index contributed by atoms with van der Waals surface area (Å²) < 4.78 is 13.1. The highest BCUT2D eigenvalue weighted by Gasteiger charge is 2.18. The van der Waals surface area contributed by atoms with Crippen molar-refractivity contribution in [3.8, 4) is 22.6 Å². The summed E-state index contributed by atoms with van der Waals surface area (Å²) in [6.07, 6.45) is 0. The van der Waals surface area contributed by atoms with E-state index >= 15 is 0 Å². The molecule has 49 heavy (non-hydrogen) atoms. The Hall–Kier alpha value is -6.65. The van der Waals surface area contributed by atoms with Crippen LogP contribution in [0.25, 0.3) is 77.2 Å². The van der Waals surface area contributed by atoms with Gasteiger partial charge in [0.15, 0.2) is 5.58 Å². The normalized spacial score (nSPS) is 11.7. The summed E-state index contributed by atoms with van der Waals surface area (Å²) in [6, 6.07) is 59.1. The third-order valence-corrected chi connectivity index (χ3v) is 9.49. The van der Waals surface area contributed by atoms with Crippen LogP contribution < -0.4 is 4.90 Å². The second-order valence-corrected chi connectivity index (χ2v) is 12.4. The van der Waals surface area contributed by atoms with Crippen LogP contribution in [0.3, 0.4) is 0 Å². The van der Waals surface area contributed by atoms with Crippen molar-refractivity contribution in [2.45, 2.75) is 0 Å². The first-order valence-corrected chi connectivity index (χ1v) is 16.5. The summed E-state index contributed by atoms with van der Waals surface area (Å²) in [4.78, 5) is 7.18. The van der Waals surface area contributed by atoms with Crippen LogP contribution in [-0.4, -0.2) is 4.98 Å². The molecule has 0 aliphatic rings. The van der Waals surface area contributed by atoms with Gasteiger partial charge in [-0.15, -0.1) is 0 Å². The highest BCUT2D eigenvalue weighted by molar-refractivity contribution is 6.15. The standard InChI is InChI=1S/C45H28N2O2/c1-2-13-32(14-3-1)47(34-25-27-38-39-26-22-30-11-5-7-16-36(30)43(39)48-42(38)28-34)33-23-20-31(21-24-33)37-17-9-19-41-44(37)49-45(46-41)40-18-8-12-29-10-4-6-15-35(29)40/h1-28H. The number of aromatic nitrogens is 1. The zero-order valence-electron chi connectivity index (χ0n) is 26.4. The van der Waals surface area contributed by atoms with Crippen LogP contribution in [0.4, 0.5) is 17.1 Å². The maximum atomic E-state index is 6.56. The predicted molar refractivity (Wildman–Crippen MR) is 202 cm³/mol. The average Bonchev–Trinajstić information content (AvgIpc) is 3.77. The van der Waals surface area contributed by atoms with Gasteiger partial charge >= 0.3 is 0 Å². The molecule has 230 valence electrons. The van der Waals surface area contributed by atoms with Crippen LogP contribution in [0.5, 0.6) is 0 Å². The van der Waals surface area contributed by atoms with Crippen molar-refractivity contribution in [3.05, 3.63) is 170 Å². The van der Waals surface area contributed by atoms with Gasteiger partial charge in [0.25, 0.3) is 0 Å². The summed E-state index contributed by atoms with van der Waals surface area (Å²) in [5.41, 5.74) is 9.57. The van der Waals surface area contributed by atoms with E-state index in [2.05, 4.69) is 157 Å². The van der Waals surface area contributed by atoms with E-state index in [1.165, 1.54) is 5.39 Å². The number of benzene rings is 8. The van der Waals surface area contributed by atoms with E-state index in [9.17, 15) is 0 Å². The molecule has 4 nitrogen and oxygen atoms in total. The Bertz CT molecular complexity index is 2820. The average molecular weight is 629 g/mol. The number of hydrogen-bond donors (Lipinski definition) is 0. The lowest BCUT2D eigenvalue weighted by molar-refractivity contribution is 0.621. The van der Waals surface area contributed by atoms with Crippen molar-refractivity contribution in [1.82, 2.24) is 4.98 Å². The summed E-state index contributed by atoms with van der Waals surface area (Å²) in [6.45, 7) is 0. The fraction of sp³-hybridized carbons (Fsp3) is 0. The zero-order valence-corrected chi connectivity index (χ0v) is 26.4. The summed E-state index contributed by atoms with van der Waals surface area (Å²) >= 11 is 0. The molecule has 4 heteroatoms. The minimum Gasteiger partial charge on any atom is -0.455 e. The molecule has 0 aliphatic carbocycles. The molecular weight excluding hydrogens is 601 g/mol. The number of hydrogen-bond acceptors (Lipinski definition) is 4. The van der Waals surface area contributed by atoms with E-state index < -0.39 is 0 Å². The second-order valence-electron chi connectivity index (χ2n) is 12.4. The van der Waals surface area contributed by atoms with E-state index in [4.69, 9.17) is 13.8 Å². The Morgan fingerprint density at radius 1 is 0.408 bits per heavy atom. The topological polar surface area (TPSA) is 42.4 Å². The summed E-state index contributed by atoms with van der Waals surface area (Å²) in [5, 5.41) is 6.81. The van der Waals surface area contributed by atoms with Crippen LogP contribution in [0.15, 0.2) is 179 Å². The summed E-state index contributed by atoms with van der Waals surface area (Å²) in [5.74, 6) is 0.625. The first kappa shape index (κ1) is 27.5. The second kappa shape index (κ2) is 11.0. The molecule has 8 aromatic carbocycles. The largest absolute Gasteiger partial charge is 0.455 e. The molecule has 10 rings (SSSR count). The summed E-state index contributed by atoms with van der Waals surface area (Å²) in [7, 11) is 0. The molecule has 0 unspecified atom stereocenters. The maximum absolute atomic E-state index is 6.56. The van der Waals surface area contributed by atoms with E-state index in [-0.39, 0.29) is 0 Å². The monoisotopic (exact) mass is 628 g/mol. The molecule has 0 bridgehead atoms. The maximum Gasteiger partial charge on any atom is 0.227 e. The number of para-hydroxylation sites is 2. The van der Waals surface area contributed by atoms with Crippen molar-refractivity contribution in [2.75, 3.05) is 4.90 Å². The molecular formula is C45H28N2O2. The Balaban J connectivity index is 1.06. The Morgan fingerprint density at radius 3 is 1.92 bits per heavy atom. The molecule has 0 radical (unpaired) electrons. The zero-order chi connectivity index (χ0) is 32.3. The van der Waals surface area contributed by atoms with Gasteiger partial charge in [0.2, 0.25) is 5.89 Å². The van der Waals surface area contributed by atoms with Crippen LogP contribution in [0.2, 0.25) is 0 Å². The van der Waals surface area contributed by atoms with E-state index in [1.807, 2.05) is 18.2 Å². The van der Waals surface area contributed by atoms with E-state index in [0.717, 1.165) is 82.9 Å². The molecule has 10 aromatic rings. The van der Waals surface area contributed by atoms with Gasteiger partial charge in [0.1, 0.15) is 16.7 Å². The first-order chi connectivity index (χ1) is 24.3. The van der Waals surface area contributed by atoms with Gasteiger partial charge in [-0.2, -0.15) is 0 Å². The van der Waals surface area contributed by atoms with Crippen molar-refractivity contribution in [3.63, 3.8) is 0 Å². The Kier molecular flexibility index (Phi) is 6.15. The molecule has 0 saturated carbocycles. The Morgan fingerprint density at radius 2 is 1.06 bits per heavy atom. The number of nitrogens with zero attached hydrogens (tertiary/aromatic N) is 2. The molecule has 0 aliphatic heterocycles. The fourth-order valence-corrected chi connectivity index (χ4v) is 7.15. The van der Waals surface area contributed by atoms with Gasteiger partial charge in [-0.1, -0.05) is 109 Å². The van der Waals surface area contributed by atoms with Crippen molar-refractivity contribution in [1.29, 1.82) is 0 Å². The van der Waals surface area contributed by atoms with Crippen molar-refractivity contribution in [2.24, 2.45) is 0 Å². The molecule has 0 fully saturated rings. The SMILES string of the molecule is c1ccc(N(c2ccc(-c3cccc4nc(-c5cccc6ccccc56)oc34)cc2)c2ccc3c(c2)oc2c4ccccc4ccc32)cc1. The van der Waals surface area contributed by atoms with E-state index in [0.29, 0.717) is 5.89 Å². The molecule has 0 saturated heterocycles. The highest BCUT2D eigenvalue weighted by atomic mass is 16.3. The van der Waals surface area contributed by atoms with Crippen molar-refractivity contribution < 1.29 is 8.83 Å². The minimum atomic E-state index is 0.625. The lowest BCUT2D eigenvalue weighted by Gasteiger charge is -2.25. The van der Waals surface area contributed by atoms with Crippen LogP contribution in [-0.2, 0) is 0 Å². The fourth-order valence-electron chi connectivity index (χ4n) is 7.15. The smallest absolute Gasteiger partial charge is 0.227 e. The number of furan rings is 1. The molecule has 0 spiro atoms. The molecule has 0 N–H and O–H groups in total. The van der Waals surface area contributed by atoms with Gasteiger partial charge in [0.05, 0.1) is 0 Å². The first-order valence-electron chi connectivity index (χ1n) is 16.5. The molecule has 2 heterocycles. The number of anilines is 3. The van der Waals surface area contributed by atoms with Gasteiger partial charge in [-0.3, -0.25) is 0 Å². The van der Waals surface area contributed by atoms with Crippen LogP contribution in [0.1, 0.15) is 0 Å². The predicted octanol–water partition coefficient (Wildman–Crippen LogP) is 12.8. The van der Waals surface area contributed by atoms with Gasteiger partial charge in [-0.25, -0.2) is 4.98 Å². The number of oxazole rings is 1. The lowest BCUT2D eigenvalue weighted by Crippen LogP contribution is -2.09. The van der Waals surface area contributed by atoms with Crippen molar-refractivity contribution >= 4 is 71.6 Å².